The minimum Gasteiger partial charge on any atom is -0.479 e. The molecule has 0 saturated carbocycles. The average molecular weight is 365 g/mol. The predicted octanol–water partition coefficient (Wildman–Crippen LogP) is 2.68. The van der Waals surface area contributed by atoms with Gasteiger partial charge in [-0.3, -0.25) is 4.90 Å². The lowest BCUT2D eigenvalue weighted by Crippen LogP contribution is -2.67. The molecule has 26 heavy (non-hydrogen) atoms. The summed E-state index contributed by atoms with van der Waals surface area (Å²) < 4.78 is 16.7. The molecule has 0 aliphatic carbocycles. The summed E-state index contributed by atoms with van der Waals surface area (Å²) in [6.07, 6.45) is -1.39. The summed E-state index contributed by atoms with van der Waals surface area (Å²) in [5, 5.41) is 9.99. The van der Waals surface area contributed by atoms with E-state index in [4.69, 9.17) is 14.2 Å². The highest BCUT2D eigenvalue weighted by molar-refractivity contribution is 5.85. The van der Waals surface area contributed by atoms with Crippen LogP contribution >= 0.6 is 0 Å². The van der Waals surface area contributed by atoms with Crippen LogP contribution in [0.15, 0.2) is 30.3 Å². The minimum atomic E-state index is -1.55. The maximum Gasteiger partial charge on any atom is 0.411 e. The van der Waals surface area contributed by atoms with Crippen molar-refractivity contribution in [2.45, 2.75) is 51.0 Å². The van der Waals surface area contributed by atoms with Crippen LogP contribution in [0.25, 0.3) is 0 Å². The summed E-state index contributed by atoms with van der Waals surface area (Å²) in [6, 6.07) is 9.44. The summed E-state index contributed by atoms with van der Waals surface area (Å²) in [5.74, 6) is -1.13. The van der Waals surface area contributed by atoms with Gasteiger partial charge in [0, 0.05) is 20.1 Å². The van der Waals surface area contributed by atoms with Crippen LogP contribution < -0.4 is 0 Å². The molecule has 2 rings (SSSR count). The molecule has 0 radical (unpaired) electrons. The average Bonchev–Trinajstić information content (AvgIpc) is 2.58. The number of likely N-dealkylation sites (N-methyl/N-ethyl adjacent to an activating group) is 1. The predicted molar refractivity (Wildman–Crippen MR) is 94.8 cm³/mol. The molecule has 1 heterocycles. The molecule has 1 saturated heterocycles. The number of carboxylic acids is 1. The van der Waals surface area contributed by atoms with E-state index in [1.807, 2.05) is 30.3 Å². The van der Waals surface area contributed by atoms with Crippen LogP contribution in [0.4, 0.5) is 4.79 Å². The lowest BCUT2D eigenvalue weighted by atomic mass is 9.85. The Labute approximate surface area is 153 Å². The van der Waals surface area contributed by atoms with Crippen molar-refractivity contribution in [3.05, 3.63) is 35.9 Å². The van der Waals surface area contributed by atoms with E-state index in [9.17, 15) is 14.7 Å². The topological polar surface area (TPSA) is 85.3 Å². The molecular formula is C19H27NO6. The number of hydrogen-bond acceptors (Lipinski definition) is 5. The summed E-state index contributed by atoms with van der Waals surface area (Å²) in [4.78, 5) is 25.9. The van der Waals surface area contributed by atoms with Gasteiger partial charge in [-0.05, 0) is 26.3 Å². The zero-order chi connectivity index (χ0) is 19.4. The van der Waals surface area contributed by atoms with E-state index in [0.717, 1.165) is 10.5 Å². The molecule has 1 aliphatic heterocycles. The summed E-state index contributed by atoms with van der Waals surface area (Å²) >= 11 is 0. The highest BCUT2D eigenvalue weighted by atomic mass is 16.6. The number of rotatable bonds is 5. The first-order valence-electron chi connectivity index (χ1n) is 8.60. The number of hydrogen-bond donors (Lipinski definition) is 1. The van der Waals surface area contributed by atoms with Crippen LogP contribution in [-0.4, -0.2) is 59.6 Å². The molecule has 144 valence electrons. The fraction of sp³-hybridized carbons (Fsp3) is 0.579. The maximum absolute atomic E-state index is 12.5. The Morgan fingerprint density at radius 2 is 1.96 bits per heavy atom. The molecule has 1 amide bonds. The third kappa shape index (κ3) is 4.53. The first-order valence-corrected chi connectivity index (χ1v) is 8.60. The first kappa shape index (κ1) is 20.2. The Morgan fingerprint density at radius 1 is 1.31 bits per heavy atom. The zero-order valence-electron chi connectivity index (χ0n) is 15.7. The van der Waals surface area contributed by atoms with E-state index in [1.165, 1.54) is 7.05 Å². The maximum atomic E-state index is 12.5. The van der Waals surface area contributed by atoms with Crippen LogP contribution in [0.5, 0.6) is 0 Å². The second kappa shape index (κ2) is 8.05. The summed E-state index contributed by atoms with van der Waals surface area (Å²) in [7, 11) is 1.44. The second-order valence-electron chi connectivity index (χ2n) is 7.38. The van der Waals surface area contributed by atoms with Gasteiger partial charge in [0.25, 0.3) is 0 Å². The lowest BCUT2D eigenvalue weighted by molar-refractivity contribution is -0.182. The second-order valence-corrected chi connectivity index (χ2v) is 7.38. The van der Waals surface area contributed by atoms with E-state index in [2.05, 4.69) is 0 Å². The standard InChI is InChI=1S/C19H27NO6/c1-18(2,3)26-17(23)20(4)19(16(21)22)10-11-24-13-15(19)25-12-14-8-6-5-7-9-14/h5-9,15H,10-13H2,1-4H3,(H,21,22). The number of aliphatic carboxylic acids is 1. The molecule has 2 unspecified atom stereocenters. The van der Waals surface area contributed by atoms with E-state index >= 15 is 0 Å². The number of amides is 1. The molecule has 1 aliphatic rings. The Morgan fingerprint density at radius 3 is 2.54 bits per heavy atom. The van der Waals surface area contributed by atoms with Crippen LogP contribution in [0.2, 0.25) is 0 Å². The SMILES string of the molecule is CN(C(=O)OC(C)(C)C)C1(C(=O)O)CCOCC1OCc1ccccc1. The number of carbonyl (C=O) groups excluding carboxylic acids is 1. The minimum absolute atomic E-state index is 0.0896. The summed E-state index contributed by atoms with van der Waals surface area (Å²) in [5.41, 5.74) is -1.36. The third-order valence-electron chi connectivity index (χ3n) is 4.36. The van der Waals surface area contributed by atoms with Crippen LogP contribution in [-0.2, 0) is 25.6 Å². The van der Waals surface area contributed by atoms with E-state index < -0.39 is 29.3 Å². The van der Waals surface area contributed by atoms with Crippen LogP contribution in [0, 0.1) is 0 Å². The Balaban J connectivity index is 2.23. The van der Waals surface area contributed by atoms with E-state index in [0.29, 0.717) is 0 Å². The molecule has 0 bridgehead atoms. The van der Waals surface area contributed by atoms with Gasteiger partial charge in [0.1, 0.15) is 11.7 Å². The number of carboxylic acid groups (broad SMARTS) is 1. The fourth-order valence-corrected chi connectivity index (χ4v) is 2.94. The van der Waals surface area contributed by atoms with Gasteiger partial charge < -0.3 is 19.3 Å². The van der Waals surface area contributed by atoms with Gasteiger partial charge in [-0.25, -0.2) is 9.59 Å². The quantitative estimate of drug-likeness (QED) is 0.863. The highest BCUT2D eigenvalue weighted by Gasteiger charge is 2.54. The van der Waals surface area contributed by atoms with E-state index in [-0.39, 0.29) is 26.2 Å². The smallest absolute Gasteiger partial charge is 0.411 e. The van der Waals surface area contributed by atoms with Crippen molar-refractivity contribution in [1.29, 1.82) is 0 Å². The normalized spacial score (nSPS) is 23.3. The van der Waals surface area contributed by atoms with Gasteiger partial charge >= 0.3 is 12.1 Å². The summed E-state index contributed by atoms with van der Waals surface area (Å²) in [6.45, 7) is 5.75. The number of carbonyl (C=O) groups is 2. The monoisotopic (exact) mass is 365 g/mol. The van der Waals surface area contributed by atoms with Gasteiger partial charge in [0.15, 0.2) is 5.54 Å². The number of ether oxygens (including phenoxy) is 3. The van der Waals surface area contributed by atoms with Crippen molar-refractivity contribution >= 4 is 12.1 Å². The molecule has 7 heteroatoms. The Bertz CT molecular complexity index is 627. The molecule has 1 aromatic rings. The lowest BCUT2D eigenvalue weighted by Gasteiger charge is -2.45. The van der Waals surface area contributed by atoms with Crippen molar-refractivity contribution < 1.29 is 28.9 Å². The fourth-order valence-electron chi connectivity index (χ4n) is 2.94. The molecular weight excluding hydrogens is 338 g/mol. The van der Waals surface area contributed by atoms with Crippen molar-refractivity contribution in [1.82, 2.24) is 4.90 Å². The number of nitrogens with zero attached hydrogens (tertiary/aromatic N) is 1. The Kier molecular flexibility index (Phi) is 6.26. The van der Waals surface area contributed by atoms with Gasteiger partial charge in [-0.1, -0.05) is 30.3 Å². The third-order valence-corrected chi connectivity index (χ3v) is 4.36. The molecule has 7 nitrogen and oxygen atoms in total. The Hall–Kier alpha value is -2.12. The van der Waals surface area contributed by atoms with Gasteiger partial charge in [0.2, 0.25) is 0 Å². The van der Waals surface area contributed by atoms with E-state index in [1.54, 1.807) is 20.8 Å². The molecule has 1 fully saturated rings. The van der Waals surface area contributed by atoms with Crippen LogP contribution in [0.3, 0.4) is 0 Å². The van der Waals surface area contributed by atoms with Crippen molar-refractivity contribution in [2.75, 3.05) is 20.3 Å². The van der Waals surface area contributed by atoms with Gasteiger partial charge in [0.05, 0.1) is 13.2 Å². The van der Waals surface area contributed by atoms with Crippen LogP contribution in [0.1, 0.15) is 32.8 Å². The van der Waals surface area contributed by atoms with Crippen molar-refractivity contribution in [2.24, 2.45) is 0 Å². The molecule has 0 aromatic heterocycles. The molecule has 2 atom stereocenters. The van der Waals surface area contributed by atoms with Gasteiger partial charge in [-0.2, -0.15) is 0 Å². The first-order chi connectivity index (χ1) is 12.2. The molecule has 0 spiro atoms. The molecule has 1 aromatic carbocycles. The highest BCUT2D eigenvalue weighted by Crippen LogP contribution is 2.32. The largest absolute Gasteiger partial charge is 0.479 e. The zero-order valence-corrected chi connectivity index (χ0v) is 15.7. The van der Waals surface area contributed by atoms with Gasteiger partial charge in [-0.15, -0.1) is 0 Å². The van der Waals surface area contributed by atoms with Crippen molar-refractivity contribution in [3.8, 4) is 0 Å². The molecule has 1 N–H and O–H groups in total. The number of benzene rings is 1. The van der Waals surface area contributed by atoms with Crippen molar-refractivity contribution in [3.63, 3.8) is 0 Å².